The molecule has 128 valence electrons. The first-order valence-electron chi connectivity index (χ1n) is 8.36. The Hall–Kier alpha value is -1.95. The Labute approximate surface area is 156 Å². The molecule has 3 aromatic rings. The van der Waals surface area contributed by atoms with E-state index >= 15 is 0 Å². The predicted molar refractivity (Wildman–Crippen MR) is 104 cm³/mol. The van der Waals surface area contributed by atoms with Crippen molar-refractivity contribution in [3.05, 3.63) is 64.8 Å². The summed E-state index contributed by atoms with van der Waals surface area (Å²) in [5.41, 5.74) is 2.27. The zero-order valence-corrected chi connectivity index (χ0v) is 15.4. The highest BCUT2D eigenvalue weighted by atomic mass is 35.5. The molecule has 0 amide bonds. The van der Waals surface area contributed by atoms with Crippen molar-refractivity contribution < 1.29 is 0 Å². The third-order valence-corrected chi connectivity index (χ3v) is 5.57. The molecule has 0 N–H and O–H groups in total. The lowest BCUT2D eigenvalue weighted by Crippen LogP contribution is -2.46. The summed E-state index contributed by atoms with van der Waals surface area (Å²) in [6, 6.07) is 14.0. The van der Waals surface area contributed by atoms with Crippen molar-refractivity contribution in [3.63, 3.8) is 0 Å². The smallest absolute Gasteiger partial charge is 0.128 e. The molecular formula is C19H19ClN4S. The molecule has 3 heterocycles. The van der Waals surface area contributed by atoms with Crippen LogP contribution < -0.4 is 4.90 Å². The number of anilines is 1. The number of aromatic nitrogens is 2. The maximum Gasteiger partial charge on any atom is 0.128 e. The van der Waals surface area contributed by atoms with Gasteiger partial charge in [-0.1, -0.05) is 29.8 Å². The number of hydrogen-bond acceptors (Lipinski definition) is 5. The minimum atomic E-state index is 0.756. The molecule has 1 fully saturated rings. The van der Waals surface area contributed by atoms with E-state index < -0.39 is 0 Å². The summed E-state index contributed by atoms with van der Waals surface area (Å²) in [7, 11) is 0. The summed E-state index contributed by atoms with van der Waals surface area (Å²) in [6.45, 7) is 4.98. The normalized spacial score (nSPS) is 15.5. The Morgan fingerprint density at radius 2 is 1.80 bits per heavy atom. The summed E-state index contributed by atoms with van der Waals surface area (Å²) in [4.78, 5) is 14.0. The van der Waals surface area contributed by atoms with Gasteiger partial charge in [0.2, 0.25) is 0 Å². The molecule has 1 aliphatic rings. The number of pyridine rings is 1. The maximum atomic E-state index is 5.96. The number of hydrogen-bond donors (Lipinski definition) is 0. The van der Waals surface area contributed by atoms with Crippen LogP contribution in [0.4, 0.5) is 5.82 Å². The van der Waals surface area contributed by atoms with E-state index in [9.17, 15) is 0 Å². The summed E-state index contributed by atoms with van der Waals surface area (Å²) in [5.74, 6) is 1.07. The van der Waals surface area contributed by atoms with Gasteiger partial charge < -0.3 is 4.90 Å². The second-order valence-electron chi connectivity index (χ2n) is 6.10. The monoisotopic (exact) mass is 370 g/mol. The van der Waals surface area contributed by atoms with Crippen molar-refractivity contribution in [2.75, 3.05) is 31.1 Å². The third-order valence-electron chi connectivity index (χ3n) is 4.37. The van der Waals surface area contributed by atoms with Crippen LogP contribution in [0, 0.1) is 0 Å². The molecule has 0 bridgehead atoms. The van der Waals surface area contributed by atoms with Crippen molar-refractivity contribution in [2.24, 2.45) is 0 Å². The van der Waals surface area contributed by atoms with E-state index in [1.807, 2.05) is 42.6 Å². The van der Waals surface area contributed by atoms with Crippen molar-refractivity contribution >= 4 is 28.8 Å². The molecule has 4 nitrogen and oxygen atoms in total. The van der Waals surface area contributed by atoms with Crippen LogP contribution in [-0.4, -0.2) is 41.0 Å². The first-order valence-corrected chi connectivity index (χ1v) is 9.62. The van der Waals surface area contributed by atoms with Crippen molar-refractivity contribution in [2.45, 2.75) is 6.54 Å². The number of halogens is 1. The lowest BCUT2D eigenvalue weighted by molar-refractivity contribution is 0.247. The molecule has 0 spiro atoms. The highest BCUT2D eigenvalue weighted by Gasteiger charge is 2.18. The minimum absolute atomic E-state index is 0.756. The summed E-state index contributed by atoms with van der Waals surface area (Å²) in [5, 5.41) is 3.97. The molecule has 1 aliphatic heterocycles. The van der Waals surface area contributed by atoms with Crippen molar-refractivity contribution in [1.82, 2.24) is 14.9 Å². The lowest BCUT2D eigenvalue weighted by Gasteiger charge is -2.35. The topological polar surface area (TPSA) is 32.3 Å². The highest BCUT2D eigenvalue weighted by molar-refractivity contribution is 7.13. The first-order chi connectivity index (χ1) is 12.3. The molecule has 0 saturated carbocycles. The molecule has 1 aromatic carbocycles. The first kappa shape index (κ1) is 16.5. The standard InChI is InChI=1S/C19H19ClN4S/c20-16-6-4-15(5-7-16)19-22-17(14-25-19)13-23-9-11-24(12-10-23)18-3-1-2-8-21-18/h1-8,14H,9-13H2. The van der Waals surface area contributed by atoms with Gasteiger partial charge in [0.15, 0.2) is 0 Å². The fourth-order valence-electron chi connectivity index (χ4n) is 3.01. The van der Waals surface area contributed by atoms with Gasteiger partial charge in [-0.2, -0.15) is 0 Å². The number of piperazine rings is 1. The Morgan fingerprint density at radius 1 is 1.00 bits per heavy atom. The second kappa shape index (κ2) is 7.52. The number of nitrogens with zero attached hydrogens (tertiary/aromatic N) is 4. The van der Waals surface area contributed by atoms with E-state index in [0.29, 0.717) is 0 Å². The zero-order chi connectivity index (χ0) is 17.1. The molecule has 6 heteroatoms. The minimum Gasteiger partial charge on any atom is -0.354 e. The molecule has 1 saturated heterocycles. The van der Waals surface area contributed by atoms with Crippen molar-refractivity contribution in [1.29, 1.82) is 0 Å². The van der Waals surface area contributed by atoms with Gasteiger partial charge in [0.1, 0.15) is 10.8 Å². The molecule has 0 radical (unpaired) electrons. The van der Waals surface area contributed by atoms with E-state index in [2.05, 4.69) is 26.2 Å². The Balaban J connectivity index is 1.35. The third kappa shape index (κ3) is 4.00. The van der Waals surface area contributed by atoms with E-state index in [1.54, 1.807) is 11.3 Å². The number of thiazole rings is 1. The van der Waals surface area contributed by atoms with Crippen LogP contribution in [0.5, 0.6) is 0 Å². The molecule has 0 unspecified atom stereocenters. The molecule has 4 rings (SSSR count). The SMILES string of the molecule is Clc1ccc(-c2nc(CN3CCN(c4ccccn4)CC3)cs2)cc1. The molecule has 2 aromatic heterocycles. The van der Waals surface area contributed by atoms with Crippen LogP contribution >= 0.6 is 22.9 Å². The fourth-order valence-corrected chi connectivity index (χ4v) is 3.95. The van der Waals surface area contributed by atoms with Crippen molar-refractivity contribution in [3.8, 4) is 10.6 Å². The van der Waals surface area contributed by atoms with Crippen LogP contribution in [0.3, 0.4) is 0 Å². The van der Waals surface area contributed by atoms with Gasteiger partial charge in [-0.25, -0.2) is 9.97 Å². The van der Waals surface area contributed by atoms with Crippen LogP contribution in [0.1, 0.15) is 5.69 Å². The zero-order valence-electron chi connectivity index (χ0n) is 13.8. The Morgan fingerprint density at radius 3 is 2.52 bits per heavy atom. The van der Waals surface area contributed by atoms with Gasteiger partial charge >= 0.3 is 0 Å². The molecule has 0 atom stereocenters. The summed E-state index contributed by atoms with van der Waals surface area (Å²) >= 11 is 7.65. The van der Waals surface area contributed by atoms with Gasteiger partial charge in [-0.05, 0) is 24.3 Å². The van der Waals surface area contributed by atoms with E-state index in [-0.39, 0.29) is 0 Å². The lowest BCUT2D eigenvalue weighted by atomic mass is 10.2. The van der Waals surface area contributed by atoms with Crippen LogP contribution in [0.25, 0.3) is 10.6 Å². The highest BCUT2D eigenvalue weighted by Crippen LogP contribution is 2.26. The maximum absolute atomic E-state index is 5.96. The Bertz CT molecular complexity index is 811. The van der Waals surface area contributed by atoms with Crippen LogP contribution in [0.15, 0.2) is 54.0 Å². The number of rotatable bonds is 4. The number of benzene rings is 1. The summed E-state index contributed by atoms with van der Waals surface area (Å²) in [6.07, 6.45) is 1.86. The predicted octanol–water partition coefficient (Wildman–Crippen LogP) is 4.18. The van der Waals surface area contributed by atoms with E-state index in [0.717, 1.165) is 59.8 Å². The quantitative estimate of drug-likeness (QED) is 0.689. The molecule has 25 heavy (non-hydrogen) atoms. The average molecular weight is 371 g/mol. The largest absolute Gasteiger partial charge is 0.354 e. The van der Waals surface area contributed by atoms with Gasteiger partial charge in [0.25, 0.3) is 0 Å². The van der Waals surface area contributed by atoms with Gasteiger partial charge in [0, 0.05) is 54.9 Å². The average Bonchev–Trinajstić information content (AvgIpc) is 3.12. The summed E-state index contributed by atoms with van der Waals surface area (Å²) < 4.78 is 0. The van der Waals surface area contributed by atoms with Crippen LogP contribution in [0.2, 0.25) is 5.02 Å². The fraction of sp³-hybridized carbons (Fsp3) is 0.263. The van der Waals surface area contributed by atoms with Gasteiger partial charge in [-0.15, -0.1) is 11.3 Å². The van der Waals surface area contributed by atoms with E-state index in [1.165, 1.54) is 0 Å². The molecule has 0 aliphatic carbocycles. The second-order valence-corrected chi connectivity index (χ2v) is 7.40. The Kier molecular flexibility index (Phi) is 4.97. The molecular weight excluding hydrogens is 352 g/mol. The van der Waals surface area contributed by atoms with Crippen LogP contribution in [-0.2, 0) is 6.54 Å². The van der Waals surface area contributed by atoms with Gasteiger partial charge in [0.05, 0.1) is 5.69 Å². The van der Waals surface area contributed by atoms with Gasteiger partial charge in [-0.3, -0.25) is 4.90 Å². The van der Waals surface area contributed by atoms with E-state index in [4.69, 9.17) is 16.6 Å².